The van der Waals surface area contributed by atoms with E-state index in [1.54, 1.807) is 24.4 Å². The van der Waals surface area contributed by atoms with Crippen molar-refractivity contribution < 1.29 is 14.6 Å². The SMILES string of the molecule is COc1ccc(-c2csc(-c3ccnc(Cl)c3)n2)c(OC)c1O. The summed E-state index contributed by atoms with van der Waals surface area (Å²) in [7, 11) is 2.98. The van der Waals surface area contributed by atoms with Gasteiger partial charge in [-0.2, -0.15) is 0 Å². The molecule has 1 N–H and O–H groups in total. The number of rotatable bonds is 4. The highest BCUT2D eigenvalue weighted by atomic mass is 35.5. The molecule has 0 aliphatic carbocycles. The van der Waals surface area contributed by atoms with Gasteiger partial charge in [0.05, 0.1) is 19.9 Å². The highest BCUT2D eigenvalue weighted by Gasteiger charge is 2.17. The molecule has 0 spiro atoms. The smallest absolute Gasteiger partial charge is 0.201 e. The van der Waals surface area contributed by atoms with Crippen LogP contribution < -0.4 is 9.47 Å². The number of methoxy groups -OCH3 is 2. The van der Waals surface area contributed by atoms with Crippen LogP contribution in [0.5, 0.6) is 17.2 Å². The van der Waals surface area contributed by atoms with Crippen molar-refractivity contribution in [3.8, 4) is 39.1 Å². The molecular formula is C16H13ClN2O3S. The van der Waals surface area contributed by atoms with Crippen LogP contribution in [0.15, 0.2) is 35.8 Å². The predicted octanol–water partition coefficient (Wildman–Crippen LogP) is 4.25. The Labute approximate surface area is 142 Å². The predicted molar refractivity (Wildman–Crippen MR) is 90.6 cm³/mol. The van der Waals surface area contributed by atoms with E-state index in [-0.39, 0.29) is 5.75 Å². The van der Waals surface area contributed by atoms with Gasteiger partial charge in [-0.1, -0.05) is 11.6 Å². The molecule has 0 atom stereocenters. The average Bonchev–Trinajstić information content (AvgIpc) is 3.04. The summed E-state index contributed by atoms with van der Waals surface area (Å²) in [6.45, 7) is 0. The van der Waals surface area contributed by atoms with Crippen molar-refractivity contribution in [3.63, 3.8) is 0 Å². The van der Waals surface area contributed by atoms with Crippen LogP contribution in [0.1, 0.15) is 0 Å². The summed E-state index contributed by atoms with van der Waals surface area (Å²) in [6.07, 6.45) is 1.64. The lowest BCUT2D eigenvalue weighted by Crippen LogP contribution is -1.92. The average molecular weight is 349 g/mol. The highest BCUT2D eigenvalue weighted by Crippen LogP contribution is 2.44. The molecule has 0 fully saturated rings. The van der Waals surface area contributed by atoms with Crippen LogP contribution in [0.4, 0.5) is 0 Å². The van der Waals surface area contributed by atoms with Crippen molar-refractivity contribution in [1.29, 1.82) is 0 Å². The maximum Gasteiger partial charge on any atom is 0.201 e. The van der Waals surface area contributed by atoms with Gasteiger partial charge in [-0.3, -0.25) is 0 Å². The molecule has 0 amide bonds. The third kappa shape index (κ3) is 2.95. The Morgan fingerprint density at radius 2 is 2.00 bits per heavy atom. The fraction of sp³-hybridized carbons (Fsp3) is 0.125. The van der Waals surface area contributed by atoms with E-state index < -0.39 is 0 Å². The van der Waals surface area contributed by atoms with Gasteiger partial charge in [-0.15, -0.1) is 11.3 Å². The Balaban J connectivity index is 2.05. The van der Waals surface area contributed by atoms with Crippen LogP contribution in [0, 0.1) is 0 Å². The van der Waals surface area contributed by atoms with Crippen molar-refractivity contribution in [3.05, 3.63) is 41.0 Å². The Bertz CT molecular complexity index is 851. The van der Waals surface area contributed by atoms with Crippen LogP contribution in [-0.4, -0.2) is 29.3 Å². The van der Waals surface area contributed by atoms with Crippen molar-refractivity contribution in [2.24, 2.45) is 0 Å². The normalized spacial score (nSPS) is 10.6. The topological polar surface area (TPSA) is 64.5 Å². The zero-order valence-electron chi connectivity index (χ0n) is 12.4. The minimum Gasteiger partial charge on any atom is -0.502 e. The first-order valence-corrected chi connectivity index (χ1v) is 7.91. The van der Waals surface area contributed by atoms with E-state index in [1.165, 1.54) is 25.6 Å². The molecule has 3 aromatic rings. The molecule has 2 heterocycles. The van der Waals surface area contributed by atoms with Gasteiger partial charge < -0.3 is 14.6 Å². The maximum absolute atomic E-state index is 10.2. The molecule has 0 bridgehead atoms. The van der Waals surface area contributed by atoms with Gasteiger partial charge in [0.15, 0.2) is 11.5 Å². The summed E-state index contributed by atoms with van der Waals surface area (Å²) < 4.78 is 10.4. The minimum atomic E-state index is -0.0472. The lowest BCUT2D eigenvalue weighted by molar-refractivity contribution is 0.341. The first-order valence-electron chi connectivity index (χ1n) is 6.65. The lowest BCUT2D eigenvalue weighted by atomic mass is 10.1. The zero-order chi connectivity index (χ0) is 16.4. The summed E-state index contributed by atoms with van der Waals surface area (Å²) in [6, 6.07) is 7.08. The number of nitrogens with zero attached hydrogens (tertiary/aromatic N) is 2. The summed E-state index contributed by atoms with van der Waals surface area (Å²) in [5, 5.41) is 13.3. The van der Waals surface area contributed by atoms with Gasteiger partial charge in [0.25, 0.3) is 0 Å². The zero-order valence-corrected chi connectivity index (χ0v) is 14.0. The first-order chi connectivity index (χ1) is 11.1. The van der Waals surface area contributed by atoms with E-state index in [4.69, 9.17) is 21.1 Å². The molecule has 118 valence electrons. The van der Waals surface area contributed by atoms with E-state index >= 15 is 0 Å². The number of thiazole rings is 1. The van der Waals surface area contributed by atoms with Crippen LogP contribution in [0.25, 0.3) is 21.8 Å². The van der Waals surface area contributed by atoms with Crippen molar-refractivity contribution >= 4 is 22.9 Å². The summed E-state index contributed by atoms with van der Waals surface area (Å²) in [5.41, 5.74) is 2.28. The third-order valence-electron chi connectivity index (χ3n) is 3.27. The second kappa shape index (κ2) is 6.44. The number of hydrogen-bond acceptors (Lipinski definition) is 6. The standard InChI is InChI=1S/C16H13ClN2O3S/c1-21-12-4-3-10(15(22-2)14(12)20)11-8-23-16(19-11)9-5-6-18-13(17)7-9/h3-8,20H,1-2H3. The molecule has 7 heteroatoms. The molecule has 0 aliphatic rings. The molecule has 5 nitrogen and oxygen atoms in total. The molecule has 0 aliphatic heterocycles. The van der Waals surface area contributed by atoms with E-state index in [9.17, 15) is 5.11 Å². The van der Waals surface area contributed by atoms with Crippen LogP contribution in [0.2, 0.25) is 5.15 Å². The molecule has 2 aromatic heterocycles. The van der Waals surface area contributed by atoms with Crippen LogP contribution in [-0.2, 0) is 0 Å². The fourth-order valence-electron chi connectivity index (χ4n) is 2.19. The number of hydrogen-bond donors (Lipinski definition) is 1. The lowest BCUT2D eigenvalue weighted by Gasteiger charge is -2.11. The maximum atomic E-state index is 10.2. The molecule has 0 unspecified atom stereocenters. The molecule has 0 radical (unpaired) electrons. The van der Waals surface area contributed by atoms with Gasteiger partial charge in [-0.25, -0.2) is 9.97 Å². The fourth-order valence-corrected chi connectivity index (χ4v) is 3.18. The van der Waals surface area contributed by atoms with Gasteiger partial charge in [0, 0.05) is 22.7 Å². The summed E-state index contributed by atoms with van der Waals surface area (Å²) in [4.78, 5) is 8.56. The number of phenolic OH excluding ortho intramolecular Hbond substituents is 1. The van der Waals surface area contributed by atoms with Crippen molar-refractivity contribution in [2.75, 3.05) is 14.2 Å². The Morgan fingerprint density at radius 3 is 2.70 bits per heavy atom. The second-order valence-corrected chi connectivity index (χ2v) is 5.85. The van der Waals surface area contributed by atoms with E-state index in [0.717, 1.165) is 10.6 Å². The Morgan fingerprint density at radius 1 is 1.17 bits per heavy atom. The minimum absolute atomic E-state index is 0.0472. The van der Waals surface area contributed by atoms with Gasteiger partial charge in [0.1, 0.15) is 10.2 Å². The van der Waals surface area contributed by atoms with Crippen molar-refractivity contribution in [1.82, 2.24) is 9.97 Å². The van der Waals surface area contributed by atoms with Gasteiger partial charge in [-0.05, 0) is 24.3 Å². The van der Waals surface area contributed by atoms with Crippen LogP contribution in [0.3, 0.4) is 0 Å². The first kappa shape index (κ1) is 15.6. The molecule has 3 rings (SSSR count). The number of aromatic nitrogens is 2. The monoisotopic (exact) mass is 348 g/mol. The molecule has 0 saturated carbocycles. The number of phenols is 1. The van der Waals surface area contributed by atoms with Gasteiger partial charge >= 0.3 is 0 Å². The number of aromatic hydroxyl groups is 1. The Kier molecular flexibility index (Phi) is 4.36. The van der Waals surface area contributed by atoms with Crippen LogP contribution >= 0.6 is 22.9 Å². The number of halogens is 1. The van der Waals surface area contributed by atoms with Gasteiger partial charge in [0.2, 0.25) is 5.75 Å². The molecular weight excluding hydrogens is 336 g/mol. The largest absolute Gasteiger partial charge is 0.502 e. The molecule has 23 heavy (non-hydrogen) atoms. The summed E-state index contributed by atoms with van der Waals surface area (Å²) >= 11 is 7.39. The third-order valence-corrected chi connectivity index (χ3v) is 4.37. The van der Waals surface area contributed by atoms with Crippen molar-refractivity contribution in [2.45, 2.75) is 0 Å². The number of pyridine rings is 1. The quantitative estimate of drug-likeness (QED) is 0.714. The van der Waals surface area contributed by atoms with E-state index in [2.05, 4.69) is 9.97 Å². The number of ether oxygens (including phenoxy) is 2. The highest BCUT2D eigenvalue weighted by molar-refractivity contribution is 7.13. The summed E-state index contributed by atoms with van der Waals surface area (Å²) in [5.74, 6) is 0.630. The van der Waals surface area contributed by atoms with E-state index in [0.29, 0.717) is 27.9 Å². The number of benzene rings is 1. The Hall–Kier alpha value is -2.31. The molecule has 1 aromatic carbocycles. The second-order valence-electron chi connectivity index (χ2n) is 4.60. The van der Waals surface area contributed by atoms with E-state index in [1.807, 2.05) is 11.4 Å². The molecule has 0 saturated heterocycles.